The van der Waals surface area contributed by atoms with Gasteiger partial charge in [-0.15, -0.1) is 36.6 Å². The summed E-state index contributed by atoms with van der Waals surface area (Å²) in [6.07, 6.45) is 5.06. The van der Waals surface area contributed by atoms with E-state index >= 15 is 0 Å². The van der Waals surface area contributed by atoms with Crippen LogP contribution in [0.5, 0.6) is 0 Å². The summed E-state index contributed by atoms with van der Waals surface area (Å²) in [7, 11) is 0. The van der Waals surface area contributed by atoms with Crippen LogP contribution >= 0.6 is 36.6 Å². The summed E-state index contributed by atoms with van der Waals surface area (Å²) in [5.74, 6) is 2.33. The highest BCUT2D eigenvalue weighted by molar-refractivity contribution is 7.99. The number of hydrogen-bond donors (Lipinski definition) is 1. The van der Waals surface area contributed by atoms with E-state index in [4.69, 9.17) is 0 Å². The van der Waals surface area contributed by atoms with Crippen molar-refractivity contribution in [3.63, 3.8) is 0 Å². The van der Waals surface area contributed by atoms with Crippen LogP contribution in [0.25, 0.3) is 0 Å². The number of hydrogen-bond acceptors (Lipinski definition) is 4. The standard InChI is InChI=1S/C13H23N3OS.2ClH/c17-13(16-6-7-18-10-16)12-8-11(9-14-12)15-4-2-1-3-5-15;;/h11-12,14H,1-10H2;2*1H. The molecule has 0 spiro atoms. The van der Waals surface area contributed by atoms with Gasteiger partial charge in [-0.2, -0.15) is 0 Å². The van der Waals surface area contributed by atoms with Crippen molar-refractivity contribution in [3.8, 4) is 0 Å². The van der Waals surface area contributed by atoms with Crippen molar-refractivity contribution in [1.82, 2.24) is 15.1 Å². The molecule has 3 rings (SSSR count). The van der Waals surface area contributed by atoms with Crippen LogP contribution in [0.1, 0.15) is 25.7 Å². The van der Waals surface area contributed by atoms with Crippen molar-refractivity contribution in [1.29, 1.82) is 0 Å². The molecule has 20 heavy (non-hydrogen) atoms. The first-order valence-electron chi connectivity index (χ1n) is 7.18. The van der Waals surface area contributed by atoms with Crippen molar-refractivity contribution in [2.75, 3.05) is 37.8 Å². The van der Waals surface area contributed by atoms with Crippen LogP contribution in [-0.2, 0) is 4.79 Å². The fourth-order valence-corrected chi connectivity index (χ4v) is 4.23. The molecule has 0 aliphatic carbocycles. The fraction of sp³-hybridized carbons (Fsp3) is 0.923. The zero-order valence-corrected chi connectivity index (χ0v) is 14.2. The number of carbonyl (C=O) groups is 1. The molecule has 4 nitrogen and oxygen atoms in total. The first-order chi connectivity index (χ1) is 8.84. The summed E-state index contributed by atoms with van der Waals surface area (Å²) < 4.78 is 0. The van der Waals surface area contributed by atoms with Crippen LogP contribution in [-0.4, -0.2) is 65.6 Å². The van der Waals surface area contributed by atoms with Gasteiger partial charge < -0.3 is 10.2 Å². The minimum atomic E-state index is 0. The normalized spacial score (nSPS) is 30.7. The second-order valence-corrected chi connectivity index (χ2v) is 6.66. The molecule has 3 heterocycles. The van der Waals surface area contributed by atoms with E-state index in [0.29, 0.717) is 11.9 Å². The lowest BCUT2D eigenvalue weighted by molar-refractivity contribution is -0.131. The Bertz CT molecular complexity index is 310. The number of piperidine rings is 1. The molecule has 0 aromatic heterocycles. The van der Waals surface area contributed by atoms with Crippen molar-refractivity contribution in [2.24, 2.45) is 0 Å². The number of likely N-dealkylation sites (tertiary alicyclic amines) is 1. The van der Waals surface area contributed by atoms with E-state index in [1.807, 2.05) is 16.7 Å². The lowest BCUT2D eigenvalue weighted by Gasteiger charge is -2.31. The number of halogens is 2. The van der Waals surface area contributed by atoms with Crippen molar-refractivity contribution >= 4 is 42.5 Å². The summed E-state index contributed by atoms with van der Waals surface area (Å²) in [5.41, 5.74) is 0. The SMILES string of the molecule is Cl.Cl.O=C(C1CC(N2CCCCC2)CN1)N1CCSC1. The molecule has 1 N–H and O–H groups in total. The second kappa shape index (κ2) is 8.69. The van der Waals surface area contributed by atoms with E-state index in [2.05, 4.69) is 10.2 Å². The first kappa shape index (κ1) is 18.4. The molecule has 1 amide bonds. The molecule has 0 bridgehead atoms. The van der Waals surface area contributed by atoms with Crippen molar-refractivity contribution < 1.29 is 4.79 Å². The smallest absolute Gasteiger partial charge is 0.240 e. The molecule has 0 radical (unpaired) electrons. The van der Waals surface area contributed by atoms with Crippen LogP contribution < -0.4 is 5.32 Å². The van der Waals surface area contributed by atoms with E-state index in [0.717, 1.165) is 31.1 Å². The van der Waals surface area contributed by atoms with E-state index in [1.54, 1.807) is 0 Å². The third-order valence-electron chi connectivity index (χ3n) is 4.38. The van der Waals surface area contributed by atoms with Crippen LogP contribution in [0.3, 0.4) is 0 Å². The van der Waals surface area contributed by atoms with Gasteiger partial charge in [-0.25, -0.2) is 0 Å². The topological polar surface area (TPSA) is 35.6 Å². The van der Waals surface area contributed by atoms with Gasteiger partial charge in [-0.1, -0.05) is 6.42 Å². The van der Waals surface area contributed by atoms with Gasteiger partial charge in [0.1, 0.15) is 0 Å². The molecular weight excluding hydrogens is 317 g/mol. The summed E-state index contributed by atoms with van der Waals surface area (Å²) in [5, 5.41) is 3.44. The number of nitrogens with one attached hydrogen (secondary N) is 1. The molecule has 0 saturated carbocycles. The Hall–Kier alpha value is 0.320. The molecule has 0 aromatic rings. The summed E-state index contributed by atoms with van der Waals surface area (Å²) in [6, 6.07) is 0.671. The molecule has 3 aliphatic heterocycles. The molecule has 118 valence electrons. The quantitative estimate of drug-likeness (QED) is 0.827. The van der Waals surface area contributed by atoms with Gasteiger partial charge in [0.25, 0.3) is 0 Å². The van der Waals surface area contributed by atoms with Gasteiger partial charge in [0.05, 0.1) is 11.9 Å². The van der Waals surface area contributed by atoms with Crippen LogP contribution in [0.4, 0.5) is 0 Å². The van der Waals surface area contributed by atoms with E-state index < -0.39 is 0 Å². The third kappa shape index (κ3) is 4.17. The van der Waals surface area contributed by atoms with E-state index in [-0.39, 0.29) is 30.9 Å². The van der Waals surface area contributed by atoms with Crippen LogP contribution in [0.15, 0.2) is 0 Å². The van der Waals surface area contributed by atoms with E-state index in [9.17, 15) is 4.79 Å². The predicted octanol–water partition coefficient (Wildman–Crippen LogP) is 1.58. The molecule has 3 aliphatic rings. The molecule has 3 fully saturated rings. The van der Waals surface area contributed by atoms with Crippen LogP contribution in [0.2, 0.25) is 0 Å². The van der Waals surface area contributed by atoms with Gasteiger partial charge in [-0.05, 0) is 32.4 Å². The Labute approximate surface area is 138 Å². The monoisotopic (exact) mass is 341 g/mol. The zero-order chi connectivity index (χ0) is 12.4. The van der Waals surface area contributed by atoms with Gasteiger partial charge in [0.2, 0.25) is 5.91 Å². The number of nitrogens with zero attached hydrogens (tertiary/aromatic N) is 2. The fourth-order valence-electron chi connectivity index (χ4n) is 3.28. The molecule has 2 unspecified atom stereocenters. The Morgan fingerprint density at radius 2 is 1.85 bits per heavy atom. The minimum Gasteiger partial charge on any atom is -0.331 e. The number of amides is 1. The molecular formula is C13H25Cl2N3OS. The van der Waals surface area contributed by atoms with Gasteiger partial charge in [0, 0.05) is 24.9 Å². The lowest BCUT2D eigenvalue weighted by Crippen LogP contribution is -2.42. The average Bonchev–Trinajstić information content (AvgIpc) is 3.10. The van der Waals surface area contributed by atoms with Gasteiger partial charge >= 0.3 is 0 Å². The number of rotatable bonds is 2. The van der Waals surface area contributed by atoms with E-state index in [1.165, 1.54) is 32.4 Å². The van der Waals surface area contributed by atoms with Crippen LogP contribution in [0, 0.1) is 0 Å². The van der Waals surface area contributed by atoms with Gasteiger partial charge in [-0.3, -0.25) is 9.69 Å². The third-order valence-corrected chi connectivity index (χ3v) is 5.34. The first-order valence-corrected chi connectivity index (χ1v) is 8.34. The Morgan fingerprint density at radius 3 is 2.50 bits per heavy atom. The lowest BCUT2D eigenvalue weighted by atomic mass is 10.1. The number of carbonyl (C=O) groups excluding carboxylic acids is 1. The molecule has 3 saturated heterocycles. The Kier molecular flexibility index (Phi) is 7.98. The second-order valence-electron chi connectivity index (χ2n) is 5.59. The predicted molar refractivity (Wildman–Crippen MR) is 89.2 cm³/mol. The molecule has 7 heteroatoms. The zero-order valence-electron chi connectivity index (χ0n) is 11.8. The highest BCUT2D eigenvalue weighted by atomic mass is 35.5. The van der Waals surface area contributed by atoms with Crippen molar-refractivity contribution in [2.45, 2.75) is 37.8 Å². The minimum absolute atomic E-state index is 0. The Balaban J connectivity index is 0.000001000. The largest absolute Gasteiger partial charge is 0.331 e. The summed E-state index contributed by atoms with van der Waals surface area (Å²) >= 11 is 1.87. The summed E-state index contributed by atoms with van der Waals surface area (Å²) in [4.78, 5) is 16.9. The maximum atomic E-state index is 12.3. The highest BCUT2D eigenvalue weighted by Gasteiger charge is 2.35. The molecule has 0 aromatic carbocycles. The molecule has 2 atom stereocenters. The highest BCUT2D eigenvalue weighted by Crippen LogP contribution is 2.22. The van der Waals surface area contributed by atoms with Gasteiger partial charge in [0.15, 0.2) is 0 Å². The summed E-state index contributed by atoms with van der Waals surface area (Å²) in [6.45, 7) is 4.40. The number of thioether (sulfide) groups is 1. The maximum Gasteiger partial charge on any atom is 0.240 e. The Morgan fingerprint density at radius 1 is 1.10 bits per heavy atom. The average molecular weight is 342 g/mol. The van der Waals surface area contributed by atoms with Crippen molar-refractivity contribution in [3.05, 3.63) is 0 Å². The maximum absolute atomic E-state index is 12.3.